The van der Waals surface area contributed by atoms with Crippen LogP contribution >= 0.6 is 0 Å². The van der Waals surface area contributed by atoms with Gasteiger partial charge in [-0.2, -0.15) is 9.97 Å². The zero-order valence-electron chi connectivity index (χ0n) is 11.0. The van der Waals surface area contributed by atoms with Gasteiger partial charge in [-0.3, -0.25) is 0 Å². The van der Waals surface area contributed by atoms with Gasteiger partial charge in [0.05, 0.1) is 12.9 Å². The van der Waals surface area contributed by atoms with Crippen molar-refractivity contribution in [3.05, 3.63) is 6.33 Å². The van der Waals surface area contributed by atoms with Crippen LogP contribution in [0.5, 0.6) is 0 Å². The zero-order chi connectivity index (χ0) is 14.4. The van der Waals surface area contributed by atoms with E-state index < -0.39 is 13.0 Å². The second kappa shape index (κ2) is 6.94. The standard InChI is InChI=1S/C11H16F2N6O/c1-2-14-11-18-9(8-10(19-11)17-6-16-8)15-3-4-20-5-7(12)13/h6-7H,2-5H2,1H3,(H3,14,15,16,17,18,19). The number of imidazole rings is 1. The number of H-pyrrole nitrogens is 1. The van der Waals surface area contributed by atoms with Crippen LogP contribution in [0.2, 0.25) is 0 Å². The number of nitrogens with zero attached hydrogens (tertiary/aromatic N) is 3. The molecule has 2 heterocycles. The van der Waals surface area contributed by atoms with Gasteiger partial charge >= 0.3 is 0 Å². The Morgan fingerprint density at radius 1 is 1.35 bits per heavy atom. The van der Waals surface area contributed by atoms with E-state index in [-0.39, 0.29) is 6.61 Å². The van der Waals surface area contributed by atoms with Crippen molar-refractivity contribution < 1.29 is 13.5 Å². The zero-order valence-corrected chi connectivity index (χ0v) is 11.0. The number of ether oxygens (including phenoxy) is 1. The lowest BCUT2D eigenvalue weighted by Crippen LogP contribution is -2.14. The first-order valence-corrected chi connectivity index (χ1v) is 6.25. The fourth-order valence-corrected chi connectivity index (χ4v) is 1.61. The molecule has 0 aliphatic heterocycles. The topological polar surface area (TPSA) is 87.8 Å². The molecule has 0 atom stereocenters. The van der Waals surface area contributed by atoms with E-state index in [4.69, 9.17) is 4.74 Å². The molecule has 0 aliphatic rings. The van der Waals surface area contributed by atoms with Crippen molar-refractivity contribution >= 4 is 22.9 Å². The fraction of sp³-hybridized carbons (Fsp3) is 0.545. The van der Waals surface area contributed by atoms with Crippen molar-refractivity contribution in [1.29, 1.82) is 0 Å². The molecular weight excluding hydrogens is 270 g/mol. The molecule has 3 N–H and O–H groups in total. The van der Waals surface area contributed by atoms with Gasteiger partial charge in [0.25, 0.3) is 6.43 Å². The molecule has 0 aromatic carbocycles. The Bertz CT molecular complexity index is 547. The first kappa shape index (κ1) is 14.4. The Morgan fingerprint density at radius 3 is 2.95 bits per heavy atom. The number of hydrogen-bond donors (Lipinski definition) is 3. The molecule has 110 valence electrons. The third kappa shape index (κ3) is 3.73. The summed E-state index contributed by atoms with van der Waals surface area (Å²) >= 11 is 0. The van der Waals surface area contributed by atoms with Gasteiger partial charge in [-0.05, 0) is 6.92 Å². The third-order valence-electron chi connectivity index (χ3n) is 2.40. The molecule has 0 radical (unpaired) electrons. The number of rotatable bonds is 8. The number of aromatic nitrogens is 4. The molecule has 0 fully saturated rings. The van der Waals surface area contributed by atoms with Crippen LogP contribution in [-0.2, 0) is 4.74 Å². The molecule has 0 aliphatic carbocycles. The molecule has 2 rings (SSSR count). The first-order chi connectivity index (χ1) is 9.70. The van der Waals surface area contributed by atoms with Crippen LogP contribution in [0.1, 0.15) is 6.92 Å². The Morgan fingerprint density at radius 2 is 2.20 bits per heavy atom. The monoisotopic (exact) mass is 286 g/mol. The smallest absolute Gasteiger partial charge is 0.261 e. The highest BCUT2D eigenvalue weighted by molar-refractivity contribution is 5.83. The van der Waals surface area contributed by atoms with Gasteiger partial charge in [0.1, 0.15) is 12.1 Å². The average Bonchev–Trinajstić information content (AvgIpc) is 2.86. The summed E-state index contributed by atoms with van der Waals surface area (Å²) < 4.78 is 28.6. The molecule has 2 aromatic rings. The van der Waals surface area contributed by atoms with Crippen LogP contribution in [0.4, 0.5) is 20.5 Å². The lowest BCUT2D eigenvalue weighted by molar-refractivity contribution is 0.0215. The Labute approximate surface area is 114 Å². The summed E-state index contributed by atoms with van der Waals surface area (Å²) in [6.45, 7) is 2.59. The minimum Gasteiger partial charge on any atom is -0.374 e. The summed E-state index contributed by atoms with van der Waals surface area (Å²) in [4.78, 5) is 15.5. The lowest BCUT2D eigenvalue weighted by atomic mass is 10.4. The molecule has 0 bridgehead atoms. The number of nitrogens with one attached hydrogen (secondary N) is 3. The van der Waals surface area contributed by atoms with Gasteiger partial charge in [0.15, 0.2) is 11.5 Å². The highest BCUT2D eigenvalue weighted by Crippen LogP contribution is 2.18. The number of alkyl halides is 2. The SMILES string of the molecule is CCNc1nc(NCCOCC(F)F)c2[nH]cnc2n1. The van der Waals surface area contributed by atoms with Crippen LogP contribution in [0.15, 0.2) is 6.33 Å². The van der Waals surface area contributed by atoms with Gasteiger partial charge in [-0.25, -0.2) is 13.8 Å². The van der Waals surface area contributed by atoms with Gasteiger partial charge < -0.3 is 20.4 Å². The van der Waals surface area contributed by atoms with E-state index in [1.807, 2.05) is 6.92 Å². The van der Waals surface area contributed by atoms with Gasteiger partial charge in [-0.15, -0.1) is 0 Å². The number of aromatic amines is 1. The molecule has 2 aromatic heterocycles. The highest BCUT2D eigenvalue weighted by atomic mass is 19.3. The predicted octanol–water partition coefficient (Wildman–Crippen LogP) is 1.48. The summed E-state index contributed by atoms with van der Waals surface area (Å²) in [6.07, 6.45) is -0.929. The quantitative estimate of drug-likeness (QED) is 0.637. The van der Waals surface area contributed by atoms with Crippen LogP contribution in [-0.4, -0.2) is 52.7 Å². The Kier molecular flexibility index (Phi) is 4.99. The minimum atomic E-state index is -2.45. The number of anilines is 2. The maximum atomic E-state index is 11.9. The Balaban J connectivity index is 1.98. The van der Waals surface area contributed by atoms with E-state index in [0.717, 1.165) is 0 Å². The summed E-state index contributed by atoms with van der Waals surface area (Å²) in [7, 11) is 0. The van der Waals surface area contributed by atoms with Crippen LogP contribution in [0.3, 0.4) is 0 Å². The minimum absolute atomic E-state index is 0.167. The van der Waals surface area contributed by atoms with Gasteiger partial charge in [0, 0.05) is 13.1 Å². The second-order valence-corrected chi connectivity index (χ2v) is 3.92. The molecule has 0 amide bonds. The van der Waals surface area contributed by atoms with Crippen molar-refractivity contribution in [2.24, 2.45) is 0 Å². The molecular formula is C11H16F2N6O. The Hall–Kier alpha value is -2.03. The normalized spacial score (nSPS) is 11.2. The van der Waals surface area contributed by atoms with E-state index in [1.165, 1.54) is 6.33 Å². The number of fused-ring (bicyclic) bond motifs is 1. The summed E-state index contributed by atoms with van der Waals surface area (Å²) in [5, 5.41) is 6.01. The fourth-order valence-electron chi connectivity index (χ4n) is 1.61. The maximum absolute atomic E-state index is 11.9. The number of halogens is 2. The molecule has 0 saturated carbocycles. The first-order valence-electron chi connectivity index (χ1n) is 6.25. The van der Waals surface area contributed by atoms with Crippen LogP contribution in [0.25, 0.3) is 11.2 Å². The van der Waals surface area contributed by atoms with Crippen molar-refractivity contribution in [3.8, 4) is 0 Å². The summed E-state index contributed by atoms with van der Waals surface area (Å²) in [5.41, 5.74) is 1.20. The number of hydrogen-bond acceptors (Lipinski definition) is 6. The van der Waals surface area contributed by atoms with E-state index >= 15 is 0 Å². The molecule has 7 nitrogen and oxygen atoms in total. The van der Waals surface area contributed by atoms with E-state index in [1.54, 1.807) is 0 Å². The van der Waals surface area contributed by atoms with Crippen LogP contribution < -0.4 is 10.6 Å². The van der Waals surface area contributed by atoms with E-state index in [9.17, 15) is 8.78 Å². The van der Waals surface area contributed by atoms with Crippen molar-refractivity contribution in [1.82, 2.24) is 19.9 Å². The van der Waals surface area contributed by atoms with Crippen molar-refractivity contribution in [3.63, 3.8) is 0 Å². The van der Waals surface area contributed by atoms with Crippen LogP contribution in [0, 0.1) is 0 Å². The summed E-state index contributed by atoms with van der Waals surface area (Å²) in [6, 6.07) is 0. The second-order valence-electron chi connectivity index (χ2n) is 3.92. The average molecular weight is 286 g/mol. The largest absolute Gasteiger partial charge is 0.374 e. The summed E-state index contributed by atoms with van der Waals surface area (Å²) in [5.74, 6) is 1.02. The van der Waals surface area contributed by atoms with Gasteiger partial charge in [-0.1, -0.05) is 0 Å². The lowest BCUT2D eigenvalue weighted by Gasteiger charge is -2.09. The molecule has 20 heavy (non-hydrogen) atoms. The third-order valence-corrected chi connectivity index (χ3v) is 2.40. The van der Waals surface area contributed by atoms with E-state index in [0.29, 0.717) is 36.0 Å². The molecule has 0 unspecified atom stereocenters. The highest BCUT2D eigenvalue weighted by Gasteiger charge is 2.09. The predicted molar refractivity (Wildman–Crippen MR) is 71.2 cm³/mol. The molecule has 0 spiro atoms. The van der Waals surface area contributed by atoms with E-state index in [2.05, 4.69) is 30.6 Å². The van der Waals surface area contributed by atoms with Crippen molar-refractivity contribution in [2.75, 3.05) is 36.9 Å². The maximum Gasteiger partial charge on any atom is 0.261 e. The molecule has 9 heteroatoms. The van der Waals surface area contributed by atoms with Crippen molar-refractivity contribution in [2.45, 2.75) is 13.3 Å². The van der Waals surface area contributed by atoms with Gasteiger partial charge in [0.2, 0.25) is 5.95 Å². The molecule has 0 saturated heterocycles.